The van der Waals surface area contributed by atoms with Crippen molar-refractivity contribution in [3.63, 3.8) is 0 Å². The van der Waals surface area contributed by atoms with Crippen molar-refractivity contribution in [3.05, 3.63) is 36.4 Å². The first-order valence-corrected chi connectivity index (χ1v) is 6.68. The number of alkyl halides is 2. The second-order valence-electron chi connectivity index (χ2n) is 5.33. The first kappa shape index (κ1) is 12.5. The zero-order chi connectivity index (χ0) is 13.2. The second-order valence-corrected chi connectivity index (χ2v) is 5.33. The fourth-order valence-corrected chi connectivity index (χ4v) is 3.16. The predicted octanol–water partition coefficient (Wildman–Crippen LogP) is 3.91. The third-order valence-corrected chi connectivity index (χ3v) is 4.04. The Hall–Kier alpha value is -1.58. The highest BCUT2D eigenvalue weighted by Gasteiger charge is 2.35. The smallest absolute Gasteiger partial charge is 0.387 e. The highest BCUT2D eigenvalue weighted by molar-refractivity contribution is 5.48. The van der Waals surface area contributed by atoms with Gasteiger partial charge in [0.1, 0.15) is 5.75 Å². The Kier molecular flexibility index (Phi) is 3.40. The average molecular weight is 265 g/mol. The van der Waals surface area contributed by atoms with Crippen molar-refractivity contribution < 1.29 is 13.5 Å². The minimum Gasteiger partial charge on any atom is -0.435 e. The van der Waals surface area contributed by atoms with Crippen LogP contribution in [0.3, 0.4) is 0 Å². The molecule has 4 heteroatoms. The largest absolute Gasteiger partial charge is 0.435 e. The van der Waals surface area contributed by atoms with Gasteiger partial charge in [0, 0.05) is 18.3 Å². The van der Waals surface area contributed by atoms with Crippen LogP contribution in [0.2, 0.25) is 0 Å². The van der Waals surface area contributed by atoms with E-state index in [1.807, 2.05) is 6.07 Å². The van der Waals surface area contributed by atoms with Gasteiger partial charge in [-0.1, -0.05) is 18.2 Å². The van der Waals surface area contributed by atoms with E-state index in [1.165, 1.54) is 18.9 Å². The van der Waals surface area contributed by atoms with E-state index in [-0.39, 0.29) is 5.75 Å². The van der Waals surface area contributed by atoms with E-state index in [9.17, 15) is 8.78 Å². The minimum atomic E-state index is -2.77. The average Bonchev–Trinajstić information content (AvgIpc) is 2.98. The lowest BCUT2D eigenvalue weighted by atomic mass is 9.93. The standard InChI is InChI=1S/C15H17F2NO/c16-15(17)19-14-3-1-2-13(8-14)18-9-12-7-10-4-5-11(12)6-10/h1-5,8,10-12,15,18H,6-7,9H2. The second kappa shape index (κ2) is 5.19. The van der Waals surface area contributed by atoms with Crippen molar-refractivity contribution in [3.8, 4) is 5.75 Å². The Morgan fingerprint density at radius 1 is 1.26 bits per heavy atom. The molecule has 0 aromatic heterocycles. The van der Waals surface area contributed by atoms with Gasteiger partial charge in [0.15, 0.2) is 0 Å². The van der Waals surface area contributed by atoms with Gasteiger partial charge in [0.2, 0.25) is 0 Å². The molecule has 0 aliphatic heterocycles. The molecule has 1 saturated carbocycles. The maximum Gasteiger partial charge on any atom is 0.387 e. The molecule has 1 aromatic rings. The van der Waals surface area contributed by atoms with Crippen molar-refractivity contribution in [2.24, 2.45) is 17.8 Å². The Balaban J connectivity index is 1.56. The Morgan fingerprint density at radius 2 is 2.16 bits per heavy atom. The highest BCUT2D eigenvalue weighted by Crippen LogP contribution is 2.43. The summed E-state index contributed by atoms with van der Waals surface area (Å²) in [7, 11) is 0. The minimum absolute atomic E-state index is 0.202. The number of anilines is 1. The van der Waals surface area contributed by atoms with E-state index in [0.29, 0.717) is 11.8 Å². The maximum atomic E-state index is 12.1. The molecule has 2 aliphatic rings. The zero-order valence-electron chi connectivity index (χ0n) is 10.6. The number of fused-ring (bicyclic) bond motifs is 2. The third-order valence-electron chi connectivity index (χ3n) is 4.04. The summed E-state index contributed by atoms with van der Waals surface area (Å²) in [5, 5.41) is 3.33. The van der Waals surface area contributed by atoms with Crippen LogP contribution in [-0.4, -0.2) is 13.2 Å². The highest BCUT2D eigenvalue weighted by atomic mass is 19.3. The SMILES string of the molecule is FC(F)Oc1cccc(NCC2CC3C=CC2C3)c1. The normalized spacial score (nSPS) is 28.1. The topological polar surface area (TPSA) is 21.3 Å². The molecule has 3 unspecified atom stereocenters. The molecule has 1 N–H and O–H groups in total. The van der Waals surface area contributed by atoms with Crippen LogP contribution in [0.5, 0.6) is 5.75 Å². The number of hydrogen-bond donors (Lipinski definition) is 1. The molecular weight excluding hydrogens is 248 g/mol. The van der Waals surface area contributed by atoms with E-state index in [1.54, 1.807) is 12.1 Å². The zero-order valence-corrected chi connectivity index (χ0v) is 10.6. The van der Waals surface area contributed by atoms with Crippen LogP contribution in [0.4, 0.5) is 14.5 Å². The molecule has 3 rings (SSSR count). The molecule has 0 amide bonds. The fourth-order valence-electron chi connectivity index (χ4n) is 3.16. The van der Waals surface area contributed by atoms with Crippen LogP contribution in [0, 0.1) is 17.8 Å². The molecule has 102 valence electrons. The molecule has 2 aliphatic carbocycles. The Labute approximate surface area is 111 Å². The summed E-state index contributed by atoms with van der Waals surface area (Å²) in [5.41, 5.74) is 0.838. The van der Waals surface area contributed by atoms with Gasteiger partial charge < -0.3 is 10.1 Å². The van der Waals surface area contributed by atoms with Gasteiger partial charge >= 0.3 is 6.61 Å². The molecule has 0 heterocycles. The lowest BCUT2D eigenvalue weighted by molar-refractivity contribution is -0.0498. The quantitative estimate of drug-likeness (QED) is 0.815. The van der Waals surface area contributed by atoms with Crippen molar-refractivity contribution in [1.29, 1.82) is 0 Å². The fraction of sp³-hybridized carbons (Fsp3) is 0.467. The number of halogens is 2. The van der Waals surface area contributed by atoms with E-state index >= 15 is 0 Å². The van der Waals surface area contributed by atoms with Crippen LogP contribution >= 0.6 is 0 Å². The molecular formula is C15H17F2NO. The summed E-state index contributed by atoms with van der Waals surface area (Å²) in [6, 6.07) is 6.76. The first-order valence-electron chi connectivity index (χ1n) is 6.68. The van der Waals surface area contributed by atoms with Gasteiger partial charge in [0.05, 0.1) is 0 Å². The van der Waals surface area contributed by atoms with Gasteiger partial charge in [-0.25, -0.2) is 0 Å². The monoisotopic (exact) mass is 265 g/mol. The van der Waals surface area contributed by atoms with Gasteiger partial charge in [-0.05, 0) is 42.7 Å². The van der Waals surface area contributed by atoms with E-state index < -0.39 is 6.61 Å². The number of hydrogen-bond acceptors (Lipinski definition) is 2. The van der Waals surface area contributed by atoms with Crippen molar-refractivity contribution in [1.82, 2.24) is 0 Å². The number of ether oxygens (including phenoxy) is 1. The maximum absolute atomic E-state index is 12.1. The van der Waals surface area contributed by atoms with Gasteiger partial charge in [-0.15, -0.1) is 0 Å². The summed E-state index contributed by atoms with van der Waals surface area (Å²) in [6.45, 7) is -1.88. The number of rotatable bonds is 5. The molecule has 0 radical (unpaired) electrons. The van der Waals surface area contributed by atoms with Crippen molar-refractivity contribution >= 4 is 5.69 Å². The lowest BCUT2D eigenvalue weighted by Crippen LogP contribution is -2.18. The van der Waals surface area contributed by atoms with E-state index in [0.717, 1.165) is 18.2 Å². The molecule has 1 aromatic carbocycles. The number of nitrogens with one attached hydrogen (secondary N) is 1. The number of allylic oxidation sites excluding steroid dienone is 2. The van der Waals surface area contributed by atoms with Gasteiger partial charge in [-0.2, -0.15) is 8.78 Å². The van der Waals surface area contributed by atoms with Crippen molar-refractivity contribution in [2.75, 3.05) is 11.9 Å². The molecule has 1 fully saturated rings. The van der Waals surface area contributed by atoms with Crippen LogP contribution in [0.25, 0.3) is 0 Å². The first-order chi connectivity index (χ1) is 9.20. The van der Waals surface area contributed by atoms with Gasteiger partial charge in [-0.3, -0.25) is 0 Å². The number of benzene rings is 1. The van der Waals surface area contributed by atoms with E-state index in [2.05, 4.69) is 22.2 Å². The molecule has 19 heavy (non-hydrogen) atoms. The summed E-state index contributed by atoms with van der Waals surface area (Å²) in [6.07, 6.45) is 7.15. The Morgan fingerprint density at radius 3 is 2.84 bits per heavy atom. The van der Waals surface area contributed by atoms with Crippen LogP contribution in [0.15, 0.2) is 36.4 Å². The summed E-state index contributed by atoms with van der Waals surface area (Å²) in [4.78, 5) is 0. The van der Waals surface area contributed by atoms with E-state index in [4.69, 9.17) is 0 Å². The Bertz CT molecular complexity index is 475. The van der Waals surface area contributed by atoms with Crippen LogP contribution in [0.1, 0.15) is 12.8 Å². The molecule has 3 atom stereocenters. The van der Waals surface area contributed by atoms with Crippen molar-refractivity contribution in [2.45, 2.75) is 19.5 Å². The molecule has 0 spiro atoms. The third kappa shape index (κ3) is 2.88. The summed E-state index contributed by atoms with van der Waals surface area (Å²) < 4.78 is 28.7. The van der Waals surface area contributed by atoms with Gasteiger partial charge in [0.25, 0.3) is 0 Å². The molecule has 2 bridgehead atoms. The van der Waals surface area contributed by atoms with Crippen LogP contribution < -0.4 is 10.1 Å². The summed E-state index contributed by atoms with van der Waals surface area (Å²) >= 11 is 0. The predicted molar refractivity (Wildman–Crippen MR) is 70.4 cm³/mol. The summed E-state index contributed by atoms with van der Waals surface area (Å²) in [5.74, 6) is 2.31. The lowest BCUT2D eigenvalue weighted by Gasteiger charge is -2.19. The molecule has 2 nitrogen and oxygen atoms in total. The molecule has 0 saturated heterocycles. The van der Waals surface area contributed by atoms with Crippen LogP contribution in [-0.2, 0) is 0 Å².